The number of aromatic amines is 1. The molecule has 1 aromatic heterocycles. The lowest BCUT2D eigenvalue weighted by molar-refractivity contribution is 0.00578. The van der Waals surface area contributed by atoms with Crippen LogP contribution in [0.3, 0.4) is 0 Å². The first kappa shape index (κ1) is 18.4. The van der Waals surface area contributed by atoms with Crippen molar-refractivity contribution in [3.63, 3.8) is 0 Å². The van der Waals surface area contributed by atoms with E-state index in [0.29, 0.717) is 35.1 Å². The van der Waals surface area contributed by atoms with Gasteiger partial charge in [-0.3, -0.25) is 4.79 Å². The maximum Gasteiger partial charge on any atom is 0.525 e. The normalized spacial score (nSPS) is 26.0. The van der Waals surface area contributed by atoms with Gasteiger partial charge in [-0.1, -0.05) is 12.1 Å². The number of hydrogen-bond acceptors (Lipinski definition) is 4. The molecule has 1 aromatic carbocycles. The summed E-state index contributed by atoms with van der Waals surface area (Å²) in [6.07, 6.45) is 2.08. The molecule has 1 aliphatic carbocycles. The van der Waals surface area contributed by atoms with E-state index < -0.39 is 24.0 Å². The average Bonchev–Trinajstić information content (AvgIpc) is 3.16. The van der Waals surface area contributed by atoms with E-state index in [4.69, 9.17) is 9.31 Å². The van der Waals surface area contributed by atoms with Gasteiger partial charge in [0.1, 0.15) is 11.4 Å². The number of para-hydroxylation sites is 2. The highest BCUT2D eigenvalue weighted by molar-refractivity contribution is 6.53. The van der Waals surface area contributed by atoms with Gasteiger partial charge in [-0.15, -0.1) is 0 Å². The summed E-state index contributed by atoms with van der Waals surface area (Å²) in [4.78, 5) is 20.0. The molecule has 4 rings (SSSR count). The molecule has 1 saturated carbocycles. The third-order valence-electron chi connectivity index (χ3n) is 6.08. The Morgan fingerprint density at radius 3 is 2.59 bits per heavy atom. The molecule has 2 aliphatic rings. The number of benzene rings is 1. The van der Waals surface area contributed by atoms with Crippen molar-refractivity contribution in [3.05, 3.63) is 51.6 Å². The number of halogens is 1. The molecular weight excluding hydrogens is 346 g/mol. The van der Waals surface area contributed by atoms with Gasteiger partial charge in [0.25, 0.3) is 5.56 Å². The predicted octanol–water partition coefficient (Wildman–Crippen LogP) is 4.05. The van der Waals surface area contributed by atoms with Crippen LogP contribution < -0.4 is 5.56 Å². The first-order valence-corrected chi connectivity index (χ1v) is 9.43. The monoisotopic (exact) mass is 370 g/mol. The van der Waals surface area contributed by atoms with Crippen LogP contribution in [0.5, 0.6) is 0 Å². The first-order chi connectivity index (χ1) is 12.7. The zero-order valence-electron chi connectivity index (χ0n) is 16.1. The summed E-state index contributed by atoms with van der Waals surface area (Å²) < 4.78 is 27.1. The molecule has 2 fully saturated rings. The van der Waals surface area contributed by atoms with Crippen molar-refractivity contribution in [1.29, 1.82) is 0 Å². The molecule has 7 heteroatoms. The third-order valence-corrected chi connectivity index (χ3v) is 6.08. The molecule has 2 aromatic rings. The summed E-state index contributed by atoms with van der Waals surface area (Å²) in [5.74, 6) is -0.350. The van der Waals surface area contributed by atoms with Crippen molar-refractivity contribution in [1.82, 2.24) is 9.97 Å². The van der Waals surface area contributed by atoms with Crippen LogP contribution in [0, 0.1) is 0 Å². The van der Waals surface area contributed by atoms with E-state index in [0.717, 1.165) is 6.42 Å². The fourth-order valence-corrected chi connectivity index (χ4v) is 3.81. The maximum absolute atomic E-state index is 15.4. The highest BCUT2D eigenvalue weighted by Gasteiger charge is 2.54. The SMILES string of the molecule is CC1(C)OB(C(F)=C2CCCC2c2nc3ccccc3[nH]c2=O)OC1(C)C. The fourth-order valence-electron chi connectivity index (χ4n) is 3.81. The molecule has 1 unspecified atom stereocenters. The second-order valence-electron chi connectivity index (χ2n) is 8.37. The van der Waals surface area contributed by atoms with Crippen LogP contribution in [0.15, 0.2) is 40.4 Å². The number of allylic oxidation sites excluding steroid dienone is 1. The number of nitrogens with zero attached hydrogens (tertiary/aromatic N) is 1. The molecule has 0 amide bonds. The van der Waals surface area contributed by atoms with Gasteiger partial charge in [0.05, 0.1) is 22.2 Å². The van der Waals surface area contributed by atoms with Crippen LogP contribution >= 0.6 is 0 Å². The highest BCUT2D eigenvalue weighted by atomic mass is 19.1. The molecule has 5 nitrogen and oxygen atoms in total. The summed E-state index contributed by atoms with van der Waals surface area (Å²) in [5.41, 5.74) is 0.431. The van der Waals surface area contributed by atoms with E-state index in [9.17, 15) is 4.79 Å². The fraction of sp³-hybridized carbons (Fsp3) is 0.500. The van der Waals surface area contributed by atoms with Gasteiger partial charge < -0.3 is 14.3 Å². The average molecular weight is 370 g/mol. The Hall–Kier alpha value is -1.99. The van der Waals surface area contributed by atoms with Gasteiger partial charge in [-0.25, -0.2) is 9.37 Å². The number of aromatic nitrogens is 2. The largest absolute Gasteiger partial charge is 0.525 e. The number of rotatable bonds is 2. The molecule has 1 aliphatic heterocycles. The van der Waals surface area contributed by atoms with E-state index in [1.165, 1.54) is 0 Å². The first-order valence-electron chi connectivity index (χ1n) is 9.43. The molecule has 1 saturated heterocycles. The Morgan fingerprint density at radius 2 is 1.89 bits per heavy atom. The second kappa shape index (κ2) is 6.28. The van der Waals surface area contributed by atoms with Crippen molar-refractivity contribution in [2.75, 3.05) is 0 Å². The molecule has 27 heavy (non-hydrogen) atoms. The number of H-pyrrole nitrogens is 1. The van der Waals surface area contributed by atoms with Gasteiger partial charge in [-0.05, 0) is 64.7 Å². The molecule has 0 bridgehead atoms. The van der Waals surface area contributed by atoms with Crippen molar-refractivity contribution < 1.29 is 13.7 Å². The zero-order chi connectivity index (χ0) is 19.4. The van der Waals surface area contributed by atoms with Gasteiger partial charge >= 0.3 is 7.12 Å². The molecule has 2 heterocycles. The molecule has 1 N–H and O–H groups in total. The van der Waals surface area contributed by atoms with E-state index in [2.05, 4.69) is 9.97 Å². The summed E-state index contributed by atoms with van der Waals surface area (Å²) >= 11 is 0. The lowest BCUT2D eigenvalue weighted by Gasteiger charge is -2.32. The Bertz CT molecular complexity index is 967. The van der Waals surface area contributed by atoms with Gasteiger partial charge in [-0.2, -0.15) is 0 Å². The zero-order valence-corrected chi connectivity index (χ0v) is 16.1. The Morgan fingerprint density at radius 1 is 1.22 bits per heavy atom. The molecule has 142 valence electrons. The maximum atomic E-state index is 15.4. The van der Waals surface area contributed by atoms with Gasteiger partial charge in [0, 0.05) is 5.92 Å². The summed E-state index contributed by atoms with van der Waals surface area (Å²) in [7, 11) is -1.04. The number of nitrogens with one attached hydrogen (secondary N) is 1. The van der Waals surface area contributed by atoms with Crippen molar-refractivity contribution in [2.45, 2.75) is 64.1 Å². The van der Waals surface area contributed by atoms with Crippen molar-refractivity contribution in [2.24, 2.45) is 0 Å². The van der Waals surface area contributed by atoms with Crippen molar-refractivity contribution >= 4 is 18.2 Å². The lowest BCUT2D eigenvalue weighted by Crippen LogP contribution is -2.41. The van der Waals surface area contributed by atoms with E-state index in [1.807, 2.05) is 52.0 Å². The van der Waals surface area contributed by atoms with E-state index in [-0.39, 0.29) is 11.5 Å². The minimum Gasteiger partial charge on any atom is -0.398 e. The highest BCUT2D eigenvalue weighted by Crippen LogP contribution is 2.44. The molecule has 1 atom stereocenters. The minimum absolute atomic E-state index is 0.264. The standard InChI is InChI=1S/C20H24BFN2O3/c1-19(2)20(3,4)27-21(26-19)17(22)13-9-7-8-12(13)16-18(25)24-15-11-6-5-10-14(15)23-16/h5-6,10-12H,7-9H2,1-4H3,(H,24,25). The van der Waals surface area contributed by atoms with Crippen molar-refractivity contribution in [3.8, 4) is 0 Å². The second-order valence-corrected chi connectivity index (χ2v) is 8.37. The topological polar surface area (TPSA) is 64.2 Å². The Balaban J connectivity index is 1.74. The van der Waals surface area contributed by atoms with Crippen LogP contribution in [0.4, 0.5) is 4.39 Å². The Kier molecular flexibility index (Phi) is 4.27. The van der Waals surface area contributed by atoms with Gasteiger partial charge in [0.15, 0.2) is 0 Å². The van der Waals surface area contributed by atoms with Crippen LogP contribution in [0.2, 0.25) is 0 Å². The third kappa shape index (κ3) is 3.03. The van der Waals surface area contributed by atoms with Crippen LogP contribution in [-0.2, 0) is 9.31 Å². The van der Waals surface area contributed by atoms with E-state index >= 15 is 4.39 Å². The Labute approximate surface area is 158 Å². The van der Waals surface area contributed by atoms with Crippen LogP contribution in [-0.4, -0.2) is 28.3 Å². The molecular formula is C20H24BFN2O3. The predicted molar refractivity (Wildman–Crippen MR) is 103 cm³/mol. The van der Waals surface area contributed by atoms with Crippen LogP contribution in [0.1, 0.15) is 58.6 Å². The van der Waals surface area contributed by atoms with Gasteiger partial charge in [0.2, 0.25) is 0 Å². The lowest BCUT2D eigenvalue weighted by atomic mass is 9.81. The molecule has 0 radical (unpaired) electrons. The minimum atomic E-state index is -1.04. The summed E-state index contributed by atoms with van der Waals surface area (Å²) in [5, 5.41) is 0. The summed E-state index contributed by atoms with van der Waals surface area (Å²) in [6.45, 7) is 7.58. The summed E-state index contributed by atoms with van der Waals surface area (Å²) in [6, 6.07) is 7.37. The van der Waals surface area contributed by atoms with Crippen LogP contribution in [0.25, 0.3) is 11.0 Å². The smallest absolute Gasteiger partial charge is 0.398 e. The quantitative estimate of drug-likeness (QED) is 0.811. The number of fused-ring (bicyclic) bond motifs is 1. The van der Waals surface area contributed by atoms with E-state index in [1.54, 1.807) is 0 Å². The molecule has 0 spiro atoms. The number of hydrogen-bond donors (Lipinski definition) is 1.